The summed E-state index contributed by atoms with van der Waals surface area (Å²) in [6, 6.07) is 0. The fourth-order valence-corrected chi connectivity index (χ4v) is 3.31. The zero-order valence-corrected chi connectivity index (χ0v) is 8.20. The van der Waals surface area contributed by atoms with Crippen molar-refractivity contribution in [2.45, 2.75) is 19.3 Å². The minimum absolute atomic E-state index is 0.865. The summed E-state index contributed by atoms with van der Waals surface area (Å²) in [4.78, 5) is 0. The summed E-state index contributed by atoms with van der Waals surface area (Å²) in [7, 11) is 0. The highest BCUT2D eigenvalue weighted by Crippen LogP contribution is 2.52. The molecule has 0 aliphatic heterocycles. The highest BCUT2D eigenvalue weighted by molar-refractivity contribution is 9.14. The maximum absolute atomic E-state index is 3.59. The molecule has 0 aromatic heterocycles. The van der Waals surface area contributed by atoms with E-state index in [4.69, 9.17) is 0 Å². The van der Waals surface area contributed by atoms with Crippen molar-refractivity contribution in [1.29, 1.82) is 0 Å². The predicted molar refractivity (Wildman–Crippen MR) is 45.7 cm³/mol. The van der Waals surface area contributed by atoms with E-state index >= 15 is 0 Å². The second kappa shape index (κ2) is 2.09. The van der Waals surface area contributed by atoms with Gasteiger partial charge in [0.1, 0.15) is 0 Å². The lowest BCUT2D eigenvalue weighted by Crippen LogP contribution is -1.92. The van der Waals surface area contributed by atoms with Gasteiger partial charge in [-0.2, -0.15) is 0 Å². The van der Waals surface area contributed by atoms with Crippen molar-refractivity contribution in [3.8, 4) is 0 Å². The normalized spacial score (nSPS) is 40.7. The van der Waals surface area contributed by atoms with Crippen LogP contribution in [-0.4, -0.2) is 0 Å². The SMILES string of the molecule is BrC1=C(Br)[C@H]2CC[C@@H]1C2. The van der Waals surface area contributed by atoms with Crippen molar-refractivity contribution in [1.82, 2.24) is 0 Å². The number of fused-ring (bicyclic) bond motifs is 2. The zero-order chi connectivity index (χ0) is 6.43. The van der Waals surface area contributed by atoms with Gasteiger partial charge in [0.05, 0.1) is 0 Å². The molecule has 1 saturated carbocycles. The van der Waals surface area contributed by atoms with Gasteiger partial charge in [0.15, 0.2) is 0 Å². The Bertz CT molecular complexity index is 154. The van der Waals surface area contributed by atoms with Crippen LogP contribution in [0.4, 0.5) is 0 Å². The van der Waals surface area contributed by atoms with Crippen LogP contribution >= 0.6 is 31.9 Å². The maximum atomic E-state index is 3.59. The Morgan fingerprint density at radius 1 is 1.00 bits per heavy atom. The van der Waals surface area contributed by atoms with E-state index < -0.39 is 0 Å². The van der Waals surface area contributed by atoms with E-state index in [1.165, 1.54) is 28.2 Å². The van der Waals surface area contributed by atoms with E-state index in [-0.39, 0.29) is 0 Å². The predicted octanol–water partition coefficient (Wildman–Crippen LogP) is 3.42. The number of allylic oxidation sites excluding steroid dienone is 2. The molecule has 0 radical (unpaired) electrons. The van der Waals surface area contributed by atoms with Crippen molar-refractivity contribution in [2.75, 3.05) is 0 Å². The third kappa shape index (κ3) is 0.829. The van der Waals surface area contributed by atoms with E-state index in [1.54, 1.807) is 0 Å². The molecule has 0 unspecified atom stereocenters. The summed E-state index contributed by atoms with van der Waals surface area (Å²) in [5.41, 5.74) is 0. The number of rotatable bonds is 0. The molecule has 2 aliphatic carbocycles. The van der Waals surface area contributed by atoms with Gasteiger partial charge >= 0.3 is 0 Å². The van der Waals surface area contributed by atoms with E-state index in [1.807, 2.05) is 0 Å². The van der Waals surface area contributed by atoms with Crippen molar-refractivity contribution < 1.29 is 0 Å². The minimum Gasteiger partial charge on any atom is -0.0545 e. The van der Waals surface area contributed by atoms with Gasteiger partial charge in [-0.3, -0.25) is 0 Å². The Labute approximate surface area is 72.0 Å². The lowest BCUT2D eigenvalue weighted by Gasteiger charge is -2.08. The molecule has 0 aromatic carbocycles. The average Bonchev–Trinajstić information content (AvgIpc) is 2.37. The molecule has 2 rings (SSSR count). The summed E-state index contributed by atoms with van der Waals surface area (Å²) in [5, 5.41) is 0. The van der Waals surface area contributed by atoms with Crippen LogP contribution in [0.25, 0.3) is 0 Å². The Hall–Kier alpha value is 0.700. The van der Waals surface area contributed by atoms with Gasteiger partial charge in [0, 0.05) is 8.96 Å². The van der Waals surface area contributed by atoms with Crippen LogP contribution in [0.15, 0.2) is 8.96 Å². The van der Waals surface area contributed by atoms with E-state index in [9.17, 15) is 0 Å². The van der Waals surface area contributed by atoms with Crippen LogP contribution in [-0.2, 0) is 0 Å². The molecule has 0 heterocycles. The minimum atomic E-state index is 0.865. The highest BCUT2D eigenvalue weighted by atomic mass is 79.9. The van der Waals surface area contributed by atoms with Crippen LogP contribution in [0.3, 0.4) is 0 Å². The standard InChI is InChI=1S/C7H8Br2/c8-6-4-1-2-5(3-4)7(6)9/h4-5H,1-3H2/t4-,5+. The molecule has 2 aliphatic rings. The fraction of sp³-hybridized carbons (Fsp3) is 0.714. The molecule has 2 bridgehead atoms. The molecule has 2 heteroatoms. The summed E-state index contributed by atoms with van der Waals surface area (Å²) >= 11 is 7.19. The van der Waals surface area contributed by atoms with Gasteiger partial charge in [0.25, 0.3) is 0 Å². The third-order valence-corrected chi connectivity index (χ3v) is 5.06. The van der Waals surface area contributed by atoms with Crippen LogP contribution < -0.4 is 0 Å². The Morgan fingerprint density at radius 3 is 1.67 bits per heavy atom. The van der Waals surface area contributed by atoms with Crippen LogP contribution in [0.5, 0.6) is 0 Å². The summed E-state index contributed by atoms with van der Waals surface area (Å²) < 4.78 is 2.89. The molecule has 9 heavy (non-hydrogen) atoms. The van der Waals surface area contributed by atoms with Crippen molar-refractivity contribution >= 4 is 31.9 Å². The lowest BCUT2D eigenvalue weighted by molar-refractivity contribution is 0.686. The molecular weight excluding hydrogens is 244 g/mol. The van der Waals surface area contributed by atoms with Crippen molar-refractivity contribution in [3.63, 3.8) is 0 Å². The summed E-state index contributed by atoms with van der Waals surface area (Å²) in [6.07, 6.45) is 4.20. The van der Waals surface area contributed by atoms with Gasteiger partial charge in [-0.25, -0.2) is 0 Å². The van der Waals surface area contributed by atoms with Gasteiger partial charge < -0.3 is 0 Å². The first kappa shape index (κ1) is 6.41. The van der Waals surface area contributed by atoms with Crippen molar-refractivity contribution in [3.05, 3.63) is 8.96 Å². The van der Waals surface area contributed by atoms with Gasteiger partial charge in [-0.05, 0) is 31.1 Å². The summed E-state index contributed by atoms with van der Waals surface area (Å²) in [6.45, 7) is 0. The molecule has 0 aromatic rings. The number of hydrogen-bond acceptors (Lipinski definition) is 0. The molecule has 1 fully saturated rings. The van der Waals surface area contributed by atoms with Gasteiger partial charge in [0.2, 0.25) is 0 Å². The smallest absolute Gasteiger partial charge is 0.00858 e. The van der Waals surface area contributed by atoms with Crippen LogP contribution in [0.2, 0.25) is 0 Å². The van der Waals surface area contributed by atoms with Crippen LogP contribution in [0.1, 0.15) is 19.3 Å². The molecule has 0 saturated heterocycles. The second-order valence-corrected chi connectivity index (χ2v) is 4.61. The average molecular weight is 252 g/mol. The van der Waals surface area contributed by atoms with E-state index in [0.29, 0.717) is 0 Å². The monoisotopic (exact) mass is 250 g/mol. The Balaban J connectivity index is 2.36. The first-order valence-electron chi connectivity index (χ1n) is 3.34. The molecule has 0 spiro atoms. The van der Waals surface area contributed by atoms with E-state index in [0.717, 1.165) is 11.8 Å². The molecule has 0 nitrogen and oxygen atoms in total. The second-order valence-electron chi connectivity index (χ2n) is 2.90. The Kier molecular flexibility index (Phi) is 1.49. The van der Waals surface area contributed by atoms with Gasteiger partial charge in [-0.15, -0.1) is 0 Å². The quantitative estimate of drug-likeness (QED) is 0.619. The number of halogens is 2. The van der Waals surface area contributed by atoms with E-state index in [2.05, 4.69) is 31.9 Å². The molecule has 0 N–H and O–H groups in total. The van der Waals surface area contributed by atoms with Gasteiger partial charge in [-0.1, -0.05) is 31.9 Å². The number of hydrogen-bond donors (Lipinski definition) is 0. The molecule has 50 valence electrons. The summed E-state index contributed by atoms with van der Waals surface area (Å²) in [5.74, 6) is 1.73. The molecule has 0 amide bonds. The van der Waals surface area contributed by atoms with Crippen molar-refractivity contribution in [2.24, 2.45) is 11.8 Å². The lowest BCUT2D eigenvalue weighted by atomic mass is 10.1. The highest BCUT2D eigenvalue weighted by Gasteiger charge is 2.36. The molecule has 2 atom stereocenters. The first-order chi connectivity index (χ1) is 4.29. The zero-order valence-electron chi connectivity index (χ0n) is 5.03. The first-order valence-corrected chi connectivity index (χ1v) is 4.92. The fourth-order valence-electron chi connectivity index (χ4n) is 1.83. The topological polar surface area (TPSA) is 0 Å². The van der Waals surface area contributed by atoms with Crippen LogP contribution in [0, 0.1) is 11.8 Å². The maximum Gasteiger partial charge on any atom is 0.00858 e. The Morgan fingerprint density at radius 2 is 1.44 bits per heavy atom. The largest absolute Gasteiger partial charge is 0.0545 e. The third-order valence-electron chi connectivity index (χ3n) is 2.38. The molecular formula is C7H8Br2.